The first kappa shape index (κ1) is 18.4. The van der Waals surface area contributed by atoms with Crippen LogP contribution in [0.3, 0.4) is 0 Å². The van der Waals surface area contributed by atoms with Crippen LogP contribution >= 0.6 is 11.6 Å². The van der Waals surface area contributed by atoms with E-state index in [1.807, 2.05) is 18.2 Å². The van der Waals surface area contributed by atoms with Gasteiger partial charge in [0.15, 0.2) is 0 Å². The number of benzene rings is 2. The number of rotatable bonds is 6. The van der Waals surface area contributed by atoms with Gasteiger partial charge < -0.3 is 4.74 Å². The molecule has 134 valence electrons. The lowest BCUT2D eigenvalue weighted by Gasteiger charge is -2.44. The largest absolute Gasteiger partial charge is 0.356 e. The Labute approximate surface area is 154 Å². The van der Waals surface area contributed by atoms with Gasteiger partial charge in [-0.05, 0) is 61.9 Å². The lowest BCUT2D eigenvalue weighted by molar-refractivity contribution is -0.170. The van der Waals surface area contributed by atoms with Gasteiger partial charge in [0.1, 0.15) is 11.5 Å². The smallest absolute Gasteiger partial charge is 0.126 e. The summed E-state index contributed by atoms with van der Waals surface area (Å²) in [6, 6.07) is 15.0. The molecule has 1 aliphatic rings. The number of ether oxygens (including phenoxy) is 1. The van der Waals surface area contributed by atoms with Crippen LogP contribution in [0.2, 0.25) is 5.02 Å². The predicted molar refractivity (Wildman–Crippen MR) is 100 cm³/mol. The molecule has 25 heavy (non-hydrogen) atoms. The van der Waals surface area contributed by atoms with Crippen molar-refractivity contribution < 1.29 is 9.13 Å². The van der Waals surface area contributed by atoms with Gasteiger partial charge in [-0.3, -0.25) is 4.90 Å². The van der Waals surface area contributed by atoms with Crippen molar-refractivity contribution in [3.63, 3.8) is 0 Å². The van der Waals surface area contributed by atoms with Crippen molar-refractivity contribution in [1.82, 2.24) is 4.90 Å². The highest BCUT2D eigenvalue weighted by Gasteiger charge is 2.35. The van der Waals surface area contributed by atoms with Gasteiger partial charge in [-0.1, -0.05) is 41.9 Å². The molecule has 2 nitrogen and oxygen atoms in total. The maximum absolute atomic E-state index is 14.0. The summed E-state index contributed by atoms with van der Waals surface area (Å²) in [7, 11) is 0. The van der Waals surface area contributed by atoms with E-state index in [-0.39, 0.29) is 11.5 Å². The molecule has 0 amide bonds. The van der Waals surface area contributed by atoms with Crippen LogP contribution in [0.15, 0.2) is 48.5 Å². The molecule has 1 fully saturated rings. The third-order valence-corrected chi connectivity index (χ3v) is 5.27. The van der Waals surface area contributed by atoms with E-state index in [9.17, 15) is 4.39 Å². The van der Waals surface area contributed by atoms with Gasteiger partial charge in [0.2, 0.25) is 0 Å². The molecular formula is C21H25ClFNO. The molecule has 0 bridgehead atoms. The van der Waals surface area contributed by atoms with Gasteiger partial charge >= 0.3 is 0 Å². The maximum atomic E-state index is 14.0. The molecular weight excluding hydrogens is 337 g/mol. The molecule has 1 unspecified atom stereocenters. The van der Waals surface area contributed by atoms with E-state index in [0.29, 0.717) is 23.6 Å². The molecule has 4 heteroatoms. The maximum Gasteiger partial charge on any atom is 0.126 e. The Morgan fingerprint density at radius 3 is 2.76 bits per heavy atom. The molecule has 1 atom stereocenters. The van der Waals surface area contributed by atoms with Crippen LogP contribution in [0.25, 0.3) is 0 Å². The third-order valence-electron chi connectivity index (χ3n) is 5.04. The number of likely N-dealkylation sites (tertiary alicyclic amines) is 1. The summed E-state index contributed by atoms with van der Waals surface area (Å²) in [6.45, 7) is 4.50. The van der Waals surface area contributed by atoms with Gasteiger partial charge in [0.05, 0.1) is 6.61 Å². The first-order valence-corrected chi connectivity index (χ1v) is 9.31. The second-order valence-corrected chi connectivity index (χ2v) is 7.32. The molecule has 3 rings (SSSR count). The molecule has 2 aromatic rings. The molecule has 1 heterocycles. The molecule has 0 N–H and O–H groups in total. The first-order valence-electron chi connectivity index (χ1n) is 8.94. The van der Waals surface area contributed by atoms with Gasteiger partial charge in [-0.2, -0.15) is 0 Å². The van der Waals surface area contributed by atoms with Crippen LogP contribution in [0.5, 0.6) is 0 Å². The lowest BCUT2D eigenvalue weighted by Crippen LogP contribution is -2.52. The van der Waals surface area contributed by atoms with E-state index in [4.69, 9.17) is 16.3 Å². The zero-order valence-corrected chi connectivity index (χ0v) is 15.4. The van der Waals surface area contributed by atoms with Crippen molar-refractivity contribution >= 4 is 11.6 Å². The average Bonchev–Trinajstić information content (AvgIpc) is 2.63. The van der Waals surface area contributed by atoms with Crippen molar-refractivity contribution in [1.29, 1.82) is 0 Å². The van der Waals surface area contributed by atoms with Crippen LogP contribution < -0.4 is 0 Å². The second-order valence-electron chi connectivity index (χ2n) is 6.88. The Bertz CT molecular complexity index is 694. The van der Waals surface area contributed by atoms with Crippen LogP contribution in [0.1, 0.15) is 37.3 Å². The summed E-state index contributed by atoms with van der Waals surface area (Å²) in [5.74, 6) is -0.187. The van der Waals surface area contributed by atoms with Crippen molar-refractivity contribution in [3.8, 4) is 0 Å². The fourth-order valence-electron chi connectivity index (χ4n) is 3.47. The van der Waals surface area contributed by atoms with E-state index >= 15 is 0 Å². The monoisotopic (exact) mass is 361 g/mol. The highest BCUT2D eigenvalue weighted by Crippen LogP contribution is 2.30. The Morgan fingerprint density at radius 2 is 1.96 bits per heavy atom. The standard InChI is InChI=1S/C21H25ClFNO/c1-21(25-16-17-7-3-2-4-8-17)12-5-6-13-24(21)14-11-18-15-19(22)9-10-20(18)23/h2-4,7-10,15H,5-6,11-14,16H2,1H3. The minimum atomic E-state index is -0.302. The van der Waals surface area contributed by atoms with Crippen LogP contribution in [-0.2, 0) is 17.8 Å². The predicted octanol–water partition coefficient (Wildman–Crippen LogP) is 5.44. The Morgan fingerprint density at radius 1 is 1.16 bits per heavy atom. The molecule has 0 spiro atoms. The van der Waals surface area contributed by atoms with Gasteiger partial charge in [-0.15, -0.1) is 0 Å². The van der Waals surface area contributed by atoms with E-state index < -0.39 is 0 Å². The highest BCUT2D eigenvalue weighted by molar-refractivity contribution is 6.30. The number of nitrogens with zero attached hydrogens (tertiary/aromatic N) is 1. The zero-order valence-electron chi connectivity index (χ0n) is 14.7. The SMILES string of the molecule is CC1(OCc2ccccc2)CCCCN1CCc1cc(Cl)ccc1F. The number of piperidine rings is 1. The summed E-state index contributed by atoms with van der Waals surface area (Å²) < 4.78 is 20.3. The fourth-order valence-corrected chi connectivity index (χ4v) is 3.66. The van der Waals surface area contributed by atoms with Crippen LogP contribution in [0.4, 0.5) is 4.39 Å². The van der Waals surface area contributed by atoms with Crippen molar-refractivity contribution in [2.75, 3.05) is 13.1 Å². The first-order chi connectivity index (χ1) is 12.1. The molecule has 0 radical (unpaired) electrons. The Balaban J connectivity index is 1.64. The topological polar surface area (TPSA) is 12.5 Å². The molecule has 0 aliphatic carbocycles. The summed E-state index contributed by atoms with van der Waals surface area (Å²) in [4.78, 5) is 2.35. The van der Waals surface area contributed by atoms with Crippen LogP contribution in [0, 0.1) is 5.82 Å². The normalized spacial score (nSPS) is 21.4. The fraction of sp³-hybridized carbons (Fsp3) is 0.429. The minimum absolute atomic E-state index is 0.187. The number of hydrogen-bond donors (Lipinski definition) is 0. The molecule has 0 saturated carbocycles. The lowest BCUT2D eigenvalue weighted by atomic mass is 9.98. The van der Waals surface area contributed by atoms with Crippen molar-refractivity contribution in [2.45, 2.75) is 44.9 Å². The molecule has 0 aromatic heterocycles. The zero-order chi connectivity index (χ0) is 17.7. The third kappa shape index (κ3) is 4.81. The quantitative estimate of drug-likeness (QED) is 0.679. The summed E-state index contributed by atoms with van der Waals surface area (Å²) in [6.07, 6.45) is 3.95. The van der Waals surface area contributed by atoms with Crippen molar-refractivity contribution in [2.24, 2.45) is 0 Å². The second kappa shape index (κ2) is 8.31. The Kier molecular flexibility index (Phi) is 6.10. The summed E-state index contributed by atoms with van der Waals surface area (Å²) in [5.41, 5.74) is 1.54. The van der Waals surface area contributed by atoms with Crippen LogP contribution in [-0.4, -0.2) is 23.7 Å². The molecule has 2 aromatic carbocycles. The van der Waals surface area contributed by atoms with E-state index in [1.54, 1.807) is 12.1 Å². The number of halogens is 2. The van der Waals surface area contributed by atoms with E-state index in [1.165, 1.54) is 11.6 Å². The van der Waals surface area contributed by atoms with Gasteiger partial charge in [0.25, 0.3) is 0 Å². The minimum Gasteiger partial charge on any atom is -0.356 e. The van der Waals surface area contributed by atoms with Gasteiger partial charge in [0, 0.05) is 18.1 Å². The van der Waals surface area contributed by atoms with Crippen molar-refractivity contribution in [3.05, 3.63) is 70.5 Å². The molecule has 1 saturated heterocycles. The number of hydrogen-bond acceptors (Lipinski definition) is 2. The van der Waals surface area contributed by atoms with E-state index in [0.717, 1.165) is 32.4 Å². The van der Waals surface area contributed by atoms with E-state index in [2.05, 4.69) is 24.0 Å². The molecule has 1 aliphatic heterocycles. The highest BCUT2D eigenvalue weighted by atomic mass is 35.5. The summed E-state index contributed by atoms with van der Waals surface area (Å²) in [5, 5.41) is 0.582. The van der Waals surface area contributed by atoms with Gasteiger partial charge in [-0.25, -0.2) is 4.39 Å². The Hall–Kier alpha value is -1.42. The summed E-state index contributed by atoms with van der Waals surface area (Å²) >= 11 is 6.01. The average molecular weight is 362 g/mol.